The number of rotatable bonds is 28. The number of nitrogens with zero attached hydrogens (tertiary/aromatic N) is 6. The Labute approximate surface area is 271 Å². The van der Waals surface area contributed by atoms with Crippen LogP contribution in [0, 0.1) is 22.7 Å². The topological polar surface area (TPSA) is 113 Å². The van der Waals surface area contributed by atoms with Crippen LogP contribution in [0.5, 0.6) is 0 Å². The zero-order valence-electron chi connectivity index (χ0n) is 29.5. The maximum atomic E-state index is 13.2. The van der Waals surface area contributed by atoms with Gasteiger partial charge in [0.05, 0.1) is 12.1 Å². The molecule has 0 aliphatic carbocycles. The van der Waals surface area contributed by atoms with Gasteiger partial charge in [-0.25, -0.2) is 0 Å². The second-order valence-corrected chi connectivity index (χ2v) is 13.0. The molecule has 2 unspecified atom stereocenters. The number of carbonyl (C=O) groups excluding carboxylic acids is 2. The lowest BCUT2D eigenvalue weighted by Crippen LogP contribution is -2.35. The number of carbonyl (C=O) groups is 2. The van der Waals surface area contributed by atoms with Crippen molar-refractivity contribution in [2.75, 3.05) is 26.2 Å². The molecule has 0 spiro atoms. The van der Waals surface area contributed by atoms with Crippen molar-refractivity contribution in [1.29, 1.82) is 10.5 Å². The number of hydrogen-bond donors (Lipinski definition) is 0. The van der Waals surface area contributed by atoms with Crippen LogP contribution in [-0.4, -0.2) is 58.9 Å². The Morgan fingerprint density at radius 1 is 0.523 bits per heavy atom. The average molecular weight is 615 g/mol. The molecular formula is C36H66N6O2. The van der Waals surface area contributed by atoms with Crippen LogP contribution in [0.15, 0.2) is 10.2 Å². The normalized spacial score (nSPS) is 14.0. The highest BCUT2D eigenvalue weighted by Gasteiger charge is 2.30. The van der Waals surface area contributed by atoms with E-state index in [0.717, 1.165) is 103 Å². The fourth-order valence-corrected chi connectivity index (χ4v) is 5.13. The Hall–Kier alpha value is -2.48. The highest BCUT2D eigenvalue weighted by atomic mass is 16.2. The van der Waals surface area contributed by atoms with E-state index in [2.05, 4.69) is 50.1 Å². The Kier molecular flexibility index (Phi) is 24.4. The Morgan fingerprint density at radius 2 is 0.795 bits per heavy atom. The first-order valence-electron chi connectivity index (χ1n) is 18.0. The first-order chi connectivity index (χ1) is 21.1. The number of hydrogen-bond acceptors (Lipinski definition) is 6. The fourth-order valence-electron chi connectivity index (χ4n) is 5.13. The molecule has 0 saturated heterocycles. The molecule has 2 amide bonds. The standard InChI is InChI=1S/C36H66N6O2/c1-7-11-15-19-27-41(28-20-16-12-8-2)33(43)23-25-35(5,31-37)39-40-36(6,32-38)26-24-34(44)42(29-21-17-13-9-3)30-22-18-14-10-4/h7-30H2,1-6H3. The second kappa shape index (κ2) is 25.8. The summed E-state index contributed by atoms with van der Waals surface area (Å²) in [6.45, 7) is 15.1. The molecule has 0 bridgehead atoms. The van der Waals surface area contributed by atoms with E-state index in [1.165, 1.54) is 25.7 Å². The van der Waals surface area contributed by atoms with Crippen LogP contribution in [-0.2, 0) is 9.59 Å². The molecule has 8 heteroatoms. The van der Waals surface area contributed by atoms with Gasteiger partial charge in [0.15, 0.2) is 11.1 Å². The molecule has 0 aromatic carbocycles. The van der Waals surface area contributed by atoms with Crippen molar-refractivity contribution in [3.63, 3.8) is 0 Å². The van der Waals surface area contributed by atoms with Gasteiger partial charge in [0.25, 0.3) is 0 Å². The Balaban J connectivity index is 5.27. The molecule has 0 fully saturated rings. The van der Waals surface area contributed by atoms with E-state index in [4.69, 9.17) is 0 Å². The van der Waals surface area contributed by atoms with Gasteiger partial charge in [0.1, 0.15) is 0 Å². The summed E-state index contributed by atoms with van der Waals surface area (Å²) in [5.74, 6) is 0.113. The zero-order chi connectivity index (χ0) is 33.1. The van der Waals surface area contributed by atoms with Crippen LogP contribution in [0.2, 0.25) is 0 Å². The second-order valence-electron chi connectivity index (χ2n) is 13.0. The number of unbranched alkanes of at least 4 members (excludes halogenated alkanes) is 12. The molecule has 2 atom stereocenters. The summed E-state index contributed by atoms with van der Waals surface area (Å²) >= 11 is 0. The van der Waals surface area contributed by atoms with E-state index in [0.29, 0.717) is 0 Å². The van der Waals surface area contributed by atoms with Gasteiger partial charge >= 0.3 is 0 Å². The van der Waals surface area contributed by atoms with Crippen molar-refractivity contribution >= 4 is 11.8 Å². The lowest BCUT2D eigenvalue weighted by atomic mass is 9.97. The molecule has 0 N–H and O–H groups in total. The molecule has 0 radical (unpaired) electrons. The molecule has 44 heavy (non-hydrogen) atoms. The van der Waals surface area contributed by atoms with Gasteiger partial charge in [-0.15, -0.1) is 0 Å². The van der Waals surface area contributed by atoms with E-state index in [-0.39, 0.29) is 37.5 Å². The summed E-state index contributed by atoms with van der Waals surface area (Å²) in [7, 11) is 0. The molecular weight excluding hydrogens is 548 g/mol. The summed E-state index contributed by atoms with van der Waals surface area (Å²) in [5, 5.41) is 28.6. The van der Waals surface area contributed by atoms with Crippen molar-refractivity contribution in [2.45, 2.75) is 181 Å². The van der Waals surface area contributed by atoms with E-state index in [1.54, 1.807) is 13.8 Å². The fraction of sp³-hybridized carbons (Fsp3) is 0.889. The smallest absolute Gasteiger partial charge is 0.222 e. The highest BCUT2D eigenvalue weighted by Crippen LogP contribution is 2.24. The molecule has 0 heterocycles. The molecule has 0 aromatic rings. The van der Waals surface area contributed by atoms with Crippen LogP contribution in [0.25, 0.3) is 0 Å². The first kappa shape index (κ1) is 41.5. The monoisotopic (exact) mass is 615 g/mol. The van der Waals surface area contributed by atoms with Crippen LogP contribution >= 0.6 is 0 Å². The van der Waals surface area contributed by atoms with Crippen LogP contribution in [0.3, 0.4) is 0 Å². The summed E-state index contributed by atoms with van der Waals surface area (Å²) in [6, 6.07) is 4.45. The quantitative estimate of drug-likeness (QED) is 0.0645. The van der Waals surface area contributed by atoms with Crippen LogP contribution in [0.1, 0.15) is 170 Å². The third-order valence-electron chi connectivity index (χ3n) is 8.46. The van der Waals surface area contributed by atoms with Crippen molar-refractivity contribution in [2.24, 2.45) is 10.2 Å². The van der Waals surface area contributed by atoms with Crippen molar-refractivity contribution < 1.29 is 9.59 Å². The van der Waals surface area contributed by atoms with E-state index >= 15 is 0 Å². The van der Waals surface area contributed by atoms with E-state index in [1.807, 2.05) is 9.80 Å². The van der Waals surface area contributed by atoms with Gasteiger partial charge in [0, 0.05) is 39.0 Å². The lowest BCUT2D eigenvalue weighted by molar-refractivity contribution is -0.132. The van der Waals surface area contributed by atoms with Crippen LogP contribution < -0.4 is 0 Å². The van der Waals surface area contributed by atoms with E-state index < -0.39 is 11.1 Å². The summed E-state index contributed by atoms with van der Waals surface area (Å²) < 4.78 is 0. The third-order valence-corrected chi connectivity index (χ3v) is 8.46. The molecule has 0 aliphatic rings. The summed E-state index contributed by atoms with van der Waals surface area (Å²) in [4.78, 5) is 30.3. The molecule has 0 aromatic heterocycles. The highest BCUT2D eigenvalue weighted by molar-refractivity contribution is 5.76. The lowest BCUT2D eigenvalue weighted by Gasteiger charge is -2.25. The average Bonchev–Trinajstić information content (AvgIpc) is 3.03. The van der Waals surface area contributed by atoms with Gasteiger partial charge in [-0.05, 0) is 52.4 Å². The SMILES string of the molecule is CCCCCCN(CCCCCC)C(=O)CCC(C)(C#N)N=NC(C)(C#N)CCC(=O)N(CCCCCC)CCCCCC. The molecule has 0 aliphatic heterocycles. The van der Waals surface area contributed by atoms with Crippen LogP contribution in [0.4, 0.5) is 0 Å². The molecule has 0 rings (SSSR count). The number of nitriles is 2. The molecule has 252 valence electrons. The number of azo groups is 1. The minimum Gasteiger partial charge on any atom is -0.343 e. The van der Waals surface area contributed by atoms with E-state index in [9.17, 15) is 20.1 Å². The predicted molar refractivity (Wildman–Crippen MR) is 181 cm³/mol. The number of amides is 2. The van der Waals surface area contributed by atoms with Crippen molar-refractivity contribution in [1.82, 2.24) is 9.80 Å². The van der Waals surface area contributed by atoms with Gasteiger partial charge < -0.3 is 9.80 Å². The third kappa shape index (κ3) is 19.7. The maximum Gasteiger partial charge on any atom is 0.222 e. The van der Waals surface area contributed by atoms with Gasteiger partial charge in [0.2, 0.25) is 11.8 Å². The maximum absolute atomic E-state index is 13.2. The summed E-state index contributed by atoms with van der Waals surface area (Å²) in [6.07, 6.45) is 18.7. The van der Waals surface area contributed by atoms with Crippen molar-refractivity contribution in [3.8, 4) is 12.1 Å². The molecule has 8 nitrogen and oxygen atoms in total. The minimum atomic E-state index is -1.21. The Morgan fingerprint density at radius 3 is 1.02 bits per heavy atom. The van der Waals surface area contributed by atoms with Crippen molar-refractivity contribution in [3.05, 3.63) is 0 Å². The minimum absolute atomic E-state index is 0.0567. The molecule has 0 saturated carbocycles. The largest absolute Gasteiger partial charge is 0.343 e. The van der Waals surface area contributed by atoms with Gasteiger partial charge in [-0.2, -0.15) is 20.8 Å². The summed E-state index contributed by atoms with van der Waals surface area (Å²) in [5.41, 5.74) is -2.42. The predicted octanol–water partition coefficient (Wildman–Crippen LogP) is 9.54. The van der Waals surface area contributed by atoms with Gasteiger partial charge in [-0.1, -0.05) is 105 Å². The van der Waals surface area contributed by atoms with Gasteiger partial charge in [-0.3, -0.25) is 9.59 Å². The first-order valence-corrected chi connectivity index (χ1v) is 18.0. The Bertz CT molecular complexity index is 785. The zero-order valence-corrected chi connectivity index (χ0v) is 29.5.